The van der Waals surface area contributed by atoms with Gasteiger partial charge in [-0.25, -0.2) is 4.79 Å². The number of nitrogens with zero attached hydrogens (tertiary/aromatic N) is 2. The zero-order valence-electron chi connectivity index (χ0n) is 13.1. The summed E-state index contributed by atoms with van der Waals surface area (Å²) < 4.78 is 0. The fourth-order valence-corrected chi connectivity index (χ4v) is 2.06. The van der Waals surface area contributed by atoms with Gasteiger partial charge in [0.05, 0.1) is 0 Å². The first-order valence-electron chi connectivity index (χ1n) is 6.91. The molecule has 118 valence electrons. The van der Waals surface area contributed by atoms with Crippen LogP contribution < -0.4 is 0 Å². The van der Waals surface area contributed by atoms with Crippen molar-refractivity contribution in [3.05, 3.63) is 47.0 Å². The molecule has 1 fully saturated rings. The number of benzene rings is 1. The van der Waals surface area contributed by atoms with Gasteiger partial charge in [0.15, 0.2) is 5.78 Å². The second kappa shape index (κ2) is 6.39. The Hall–Kier alpha value is -3.02. The topological polar surface area (TPSA) is 74.8 Å². The van der Waals surface area contributed by atoms with Crippen LogP contribution in [0.4, 0.5) is 4.79 Å². The molecule has 0 radical (unpaired) electrons. The third-order valence-corrected chi connectivity index (χ3v) is 3.40. The number of carbonyl (C=O) groups is 4. The molecule has 0 N–H and O–H groups in total. The second-order valence-electron chi connectivity index (χ2n) is 5.18. The van der Waals surface area contributed by atoms with Crippen molar-refractivity contribution >= 4 is 35.8 Å². The number of imide groups is 2. The van der Waals surface area contributed by atoms with Gasteiger partial charge in [0, 0.05) is 14.1 Å². The summed E-state index contributed by atoms with van der Waals surface area (Å²) in [5, 5.41) is 0. The minimum atomic E-state index is -0.651. The number of hydrogen-bond donors (Lipinski definition) is 0. The highest BCUT2D eigenvalue weighted by atomic mass is 16.2. The van der Waals surface area contributed by atoms with E-state index < -0.39 is 17.8 Å². The summed E-state index contributed by atoms with van der Waals surface area (Å²) in [7, 11) is 2.66. The molecule has 23 heavy (non-hydrogen) atoms. The molecule has 1 saturated heterocycles. The number of amides is 4. The number of rotatable bonds is 3. The normalized spacial score (nSPS) is 15.6. The van der Waals surface area contributed by atoms with Gasteiger partial charge >= 0.3 is 6.03 Å². The molecule has 1 heterocycles. The Morgan fingerprint density at radius 2 is 1.39 bits per heavy atom. The number of urea groups is 1. The highest BCUT2D eigenvalue weighted by Gasteiger charge is 2.37. The molecule has 1 aliphatic heterocycles. The number of barbiturate groups is 1. The van der Waals surface area contributed by atoms with Crippen LogP contribution in [0.15, 0.2) is 35.9 Å². The maximum atomic E-state index is 12.1. The van der Waals surface area contributed by atoms with E-state index in [1.165, 1.54) is 33.2 Å². The Balaban J connectivity index is 2.30. The summed E-state index contributed by atoms with van der Waals surface area (Å²) in [4.78, 5) is 48.5. The molecule has 1 aromatic carbocycles. The van der Waals surface area contributed by atoms with E-state index in [2.05, 4.69) is 0 Å². The molecule has 0 unspecified atom stereocenters. The van der Waals surface area contributed by atoms with Crippen LogP contribution in [-0.4, -0.2) is 47.5 Å². The van der Waals surface area contributed by atoms with E-state index in [0.717, 1.165) is 15.4 Å². The van der Waals surface area contributed by atoms with E-state index in [1.807, 2.05) is 0 Å². The van der Waals surface area contributed by atoms with Crippen molar-refractivity contribution in [3.8, 4) is 0 Å². The van der Waals surface area contributed by atoms with Crippen LogP contribution in [0.2, 0.25) is 0 Å². The largest absolute Gasteiger partial charge is 0.333 e. The predicted octanol–water partition coefficient (Wildman–Crippen LogP) is 1.72. The lowest BCUT2D eigenvalue weighted by Gasteiger charge is -2.28. The third kappa shape index (κ3) is 3.42. The molecule has 0 bridgehead atoms. The van der Waals surface area contributed by atoms with Crippen molar-refractivity contribution in [3.63, 3.8) is 0 Å². The first-order valence-corrected chi connectivity index (χ1v) is 6.91. The van der Waals surface area contributed by atoms with Gasteiger partial charge in [-0.2, -0.15) is 0 Å². The van der Waals surface area contributed by atoms with E-state index in [9.17, 15) is 19.2 Å². The van der Waals surface area contributed by atoms with Crippen LogP contribution in [0.5, 0.6) is 0 Å². The lowest BCUT2D eigenvalue weighted by molar-refractivity contribution is -0.134. The molecule has 1 aliphatic rings. The van der Waals surface area contributed by atoms with Crippen LogP contribution in [0.3, 0.4) is 0 Å². The molecule has 0 aliphatic carbocycles. The maximum absolute atomic E-state index is 12.1. The highest BCUT2D eigenvalue weighted by molar-refractivity contribution is 6.30. The van der Waals surface area contributed by atoms with Crippen molar-refractivity contribution in [2.24, 2.45) is 0 Å². The van der Waals surface area contributed by atoms with Crippen LogP contribution >= 0.6 is 0 Å². The molecule has 1 aromatic rings. The standard InChI is InChI=1S/C17H16N2O4/c1-11(20)4-5-12-6-8-13(9-7-12)10-14-15(21)18(2)17(23)19(3)16(14)22/h4-10H,1-3H3/b5-4-. The quantitative estimate of drug-likeness (QED) is 0.629. The summed E-state index contributed by atoms with van der Waals surface area (Å²) >= 11 is 0. The van der Waals surface area contributed by atoms with Crippen molar-refractivity contribution in [1.82, 2.24) is 9.80 Å². The van der Waals surface area contributed by atoms with Crippen LogP contribution in [-0.2, 0) is 14.4 Å². The highest BCUT2D eigenvalue weighted by Crippen LogP contribution is 2.18. The van der Waals surface area contributed by atoms with E-state index in [0.29, 0.717) is 5.56 Å². The summed E-state index contributed by atoms with van der Waals surface area (Å²) in [6.45, 7) is 1.46. The minimum Gasteiger partial charge on any atom is -0.295 e. The number of allylic oxidation sites excluding steroid dienone is 1. The molecule has 4 amide bonds. The molecule has 0 aromatic heterocycles. The van der Waals surface area contributed by atoms with Gasteiger partial charge in [0.2, 0.25) is 0 Å². The zero-order valence-corrected chi connectivity index (χ0v) is 13.1. The average molecular weight is 312 g/mol. The molecule has 0 saturated carbocycles. The molecular weight excluding hydrogens is 296 g/mol. The van der Waals surface area contributed by atoms with Gasteiger partial charge in [-0.05, 0) is 30.2 Å². The van der Waals surface area contributed by atoms with Crippen molar-refractivity contribution in [1.29, 1.82) is 0 Å². The molecule has 6 heteroatoms. The molecule has 0 atom stereocenters. The Labute approximate surface area is 133 Å². The fourth-order valence-electron chi connectivity index (χ4n) is 2.06. The minimum absolute atomic E-state index is 0.0506. The van der Waals surface area contributed by atoms with E-state index in [1.54, 1.807) is 30.3 Å². The fraction of sp³-hybridized carbons (Fsp3) is 0.176. The lowest BCUT2D eigenvalue weighted by atomic mass is 10.1. The number of ketones is 1. The van der Waals surface area contributed by atoms with Crippen LogP contribution in [0.1, 0.15) is 18.1 Å². The molecule has 6 nitrogen and oxygen atoms in total. The number of carbonyl (C=O) groups excluding carboxylic acids is 4. The zero-order chi connectivity index (χ0) is 17.1. The van der Waals surface area contributed by atoms with Crippen LogP contribution in [0.25, 0.3) is 12.2 Å². The number of likely N-dealkylation sites (N-methyl/N-ethyl adjacent to an activating group) is 2. The summed E-state index contributed by atoms with van der Waals surface area (Å²) in [5.74, 6) is -1.30. The Morgan fingerprint density at radius 3 is 1.87 bits per heavy atom. The van der Waals surface area contributed by atoms with Gasteiger partial charge in [0.1, 0.15) is 5.57 Å². The van der Waals surface area contributed by atoms with E-state index in [4.69, 9.17) is 0 Å². The SMILES string of the molecule is CC(=O)/C=C\c1ccc(C=C2C(=O)N(C)C(=O)N(C)C2=O)cc1. The van der Waals surface area contributed by atoms with Gasteiger partial charge in [-0.3, -0.25) is 24.2 Å². The summed E-state index contributed by atoms with van der Waals surface area (Å²) in [6, 6.07) is 6.33. The monoisotopic (exact) mass is 312 g/mol. The Morgan fingerprint density at radius 1 is 0.913 bits per heavy atom. The van der Waals surface area contributed by atoms with Crippen molar-refractivity contribution in [2.75, 3.05) is 14.1 Å². The van der Waals surface area contributed by atoms with Gasteiger partial charge in [0.25, 0.3) is 11.8 Å². The van der Waals surface area contributed by atoms with Gasteiger partial charge < -0.3 is 0 Å². The smallest absolute Gasteiger partial charge is 0.295 e. The summed E-state index contributed by atoms with van der Waals surface area (Å²) in [6.07, 6.45) is 4.58. The Bertz CT molecular complexity index is 718. The molecule has 0 spiro atoms. The van der Waals surface area contributed by atoms with Crippen molar-refractivity contribution in [2.45, 2.75) is 6.92 Å². The average Bonchev–Trinajstić information content (AvgIpc) is 2.54. The molecular formula is C17H16N2O4. The number of hydrogen-bond acceptors (Lipinski definition) is 4. The van der Waals surface area contributed by atoms with E-state index >= 15 is 0 Å². The predicted molar refractivity (Wildman–Crippen MR) is 85.1 cm³/mol. The van der Waals surface area contributed by atoms with Crippen LogP contribution in [0, 0.1) is 0 Å². The maximum Gasteiger partial charge on any atom is 0.333 e. The van der Waals surface area contributed by atoms with Gasteiger partial charge in [-0.1, -0.05) is 30.3 Å². The van der Waals surface area contributed by atoms with Gasteiger partial charge in [-0.15, -0.1) is 0 Å². The third-order valence-electron chi connectivity index (χ3n) is 3.40. The van der Waals surface area contributed by atoms with E-state index in [-0.39, 0.29) is 11.4 Å². The van der Waals surface area contributed by atoms with Crippen molar-refractivity contribution < 1.29 is 19.2 Å². The molecule has 2 rings (SSSR count). The Kier molecular flexibility index (Phi) is 4.55. The lowest BCUT2D eigenvalue weighted by Crippen LogP contribution is -2.52. The first kappa shape index (κ1) is 16.4. The first-order chi connectivity index (χ1) is 10.8. The summed E-state index contributed by atoms with van der Waals surface area (Å²) in [5.41, 5.74) is 1.41. The second-order valence-corrected chi connectivity index (χ2v) is 5.18.